The Hall–Kier alpha value is -2.78. The zero-order valence-electron chi connectivity index (χ0n) is 15.9. The van der Waals surface area contributed by atoms with Crippen molar-refractivity contribution >= 4 is 17.5 Å². The molecule has 0 aliphatic heterocycles. The highest BCUT2D eigenvalue weighted by Gasteiger charge is 2.16. The summed E-state index contributed by atoms with van der Waals surface area (Å²) >= 11 is 6.12. The van der Waals surface area contributed by atoms with E-state index in [0.717, 1.165) is 18.4 Å². The second-order valence-corrected chi connectivity index (χ2v) is 7.25. The number of hydrogen-bond donors (Lipinski definition) is 1. The van der Waals surface area contributed by atoms with E-state index in [4.69, 9.17) is 16.3 Å². The number of amides is 1. The monoisotopic (exact) mass is 393 g/mol. The van der Waals surface area contributed by atoms with Gasteiger partial charge in [-0.25, -0.2) is 0 Å². The number of ether oxygens (including phenoxy) is 1. The van der Waals surface area contributed by atoms with E-state index >= 15 is 0 Å². The highest BCUT2D eigenvalue weighted by atomic mass is 35.5. The number of benzene rings is 3. The van der Waals surface area contributed by atoms with Gasteiger partial charge in [-0.2, -0.15) is 0 Å². The third-order valence-corrected chi connectivity index (χ3v) is 4.74. The largest absolute Gasteiger partial charge is 0.488 e. The Kier molecular flexibility index (Phi) is 7.10. The van der Waals surface area contributed by atoms with Crippen LogP contribution in [0.5, 0.6) is 5.75 Å². The molecule has 0 fully saturated rings. The van der Waals surface area contributed by atoms with Crippen LogP contribution in [0.4, 0.5) is 0 Å². The van der Waals surface area contributed by atoms with E-state index < -0.39 is 0 Å². The summed E-state index contributed by atoms with van der Waals surface area (Å²) in [5, 5.41) is 3.56. The average Bonchev–Trinajstić information content (AvgIpc) is 2.73. The molecule has 3 aromatic rings. The maximum atomic E-state index is 12.8. The van der Waals surface area contributed by atoms with Gasteiger partial charge in [0.2, 0.25) is 0 Å². The van der Waals surface area contributed by atoms with E-state index in [9.17, 15) is 4.79 Å². The van der Waals surface area contributed by atoms with Crippen molar-refractivity contribution in [2.75, 3.05) is 0 Å². The van der Waals surface area contributed by atoms with Crippen LogP contribution in [0, 0.1) is 0 Å². The van der Waals surface area contributed by atoms with Gasteiger partial charge in [0, 0.05) is 11.1 Å². The number of hydrogen-bond acceptors (Lipinski definition) is 2. The third kappa shape index (κ3) is 5.86. The van der Waals surface area contributed by atoms with Crippen LogP contribution >= 0.6 is 11.6 Å². The van der Waals surface area contributed by atoms with Crippen LogP contribution in [-0.2, 0) is 13.0 Å². The summed E-state index contributed by atoms with van der Waals surface area (Å²) in [4.78, 5) is 12.8. The van der Waals surface area contributed by atoms with Gasteiger partial charge in [0.25, 0.3) is 5.91 Å². The molecule has 0 bridgehead atoms. The van der Waals surface area contributed by atoms with Crippen LogP contribution in [0.2, 0.25) is 5.02 Å². The van der Waals surface area contributed by atoms with Gasteiger partial charge in [0.05, 0.1) is 5.56 Å². The fourth-order valence-electron chi connectivity index (χ4n) is 2.94. The van der Waals surface area contributed by atoms with Crippen LogP contribution in [0.15, 0.2) is 78.9 Å². The first-order valence-corrected chi connectivity index (χ1v) is 9.80. The van der Waals surface area contributed by atoms with E-state index in [1.165, 1.54) is 5.56 Å². The number of nitrogens with one attached hydrogen (secondary N) is 1. The summed E-state index contributed by atoms with van der Waals surface area (Å²) < 4.78 is 5.89. The van der Waals surface area contributed by atoms with Crippen molar-refractivity contribution in [3.63, 3.8) is 0 Å². The highest BCUT2D eigenvalue weighted by molar-refractivity contribution is 6.31. The van der Waals surface area contributed by atoms with E-state index in [2.05, 4.69) is 17.4 Å². The van der Waals surface area contributed by atoms with Gasteiger partial charge in [0.1, 0.15) is 12.4 Å². The molecule has 0 saturated heterocycles. The van der Waals surface area contributed by atoms with E-state index in [-0.39, 0.29) is 11.9 Å². The molecule has 3 aromatic carbocycles. The highest BCUT2D eigenvalue weighted by Crippen LogP contribution is 2.24. The molecule has 0 aliphatic carbocycles. The van der Waals surface area contributed by atoms with E-state index in [1.807, 2.05) is 55.5 Å². The molecule has 3 nitrogen and oxygen atoms in total. The smallest absolute Gasteiger partial charge is 0.255 e. The number of carbonyl (C=O) groups is 1. The van der Waals surface area contributed by atoms with Crippen LogP contribution in [0.1, 0.15) is 34.8 Å². The van der Waals surface area contributed by atoms with Crippen LogP contribution in [0.3, 0.4) is 0 Å². The van der Waals surface area contributed by atoms with Gasteiger partial charge in [0.15, 0.2) is 0 Å². The predicted octanol–water partition coefficient (Wildman–Crippen LogP) is 5.67. The SMILES string of the molecule is C[C@@H](CCc1ccccc1)NC(=O)c1cc(Cl)ccc1OCc1ccccc1. The molecular formula is C24H24ClNO2. The van der Waals surface area contributed by atoms with Crippen LogP contribution in [0.25, 0.3) is 0 Å². The van der Waals surface area contributed by atoms with Crippen molar-refractivity contribution in [2.45, 2.75) is 32.4 Å². The van der Waals surface area contributed by atoms with Crippen LogP contribution in [-0.4, -0.2) is 11.9 Å². The lowest BCUT2D eigenvalue weighted by atomic mass is 10.1. The number of halogens is 1. The number of rotatable bonds is 8. The minimum atomic E-state index is -0.175. The Balaban J connectivity index is 1.62. The summed E-state index contributed by atoms with van der Waals surface area (Å²) in [5.41, 5.74) is 2.76. The fourth-order valence-corrected chi connectivity index (χ4v) is 3.11. The predicted molar refractivity (Wildman–Crippen MR) is 114 cm³/mol. The van der Waals surface area contributed by atoms with Crippen molar-refractivity contribution in [1.29, 1.82) is 0 Å². The molecule has 1 amide bonds. The molecule has 0 unspecified atom stereocenters. The number of carbonyl (C=O) groups excluding carboxylic acids is 1. The van der Waals surface area contributed by atoms with Gasteiger partial charge >= 0.3 is 0 Å². The molecule has 4 heteroatoms. The molecule has 28 heavy (non-hydrogen) atoms. The van der Waals surface area contributed by atoms with Crippen molar-refractivity contribution in [3.8, 4) is 5.75 Å². The summed E-state index contributed by atoms with van der Waals surface area (Å²) in [6.07, 6.45) is 1.77. The Morgan fingerprint density at radius 3 is 2.29 bits per heavy atom. The molecule has 0 aliphatic rings. The molecule has 1 N–H and O–H groups in total. The molecule has 144 valence electrons. The summed E-state index contributed by atoms with van der Waals surface area (Å²) in [6.45, 7) is 2.40. The first-order chi connectivity index (χ1) is 13.6. The third-order valence-electron chi connectivity index (χ3n) is 4.51. The van der Waals surface area contributed by atoms with Crippen LogP contribution < -0.4 is 10.1 Å². The minimum Gasteiger partial charge on any atom is -0.488 e. The van der Waals surface area contributed by atoms with Crippen molar-refractivity contribution in [3.05, 3.63) is 101 Å². The molecule has 1 atom stereocenters. The zero-order valence-corrected chi connectivity index (χ0v) is 16.7. The molecule has 0 heterocycles. The molecule has 0 radical (unpaired) electrons. The lowest BCUT2D eigenvalue weighted by Gasteiger charge is -2.16. The number of aryl methyl sites for hydroxylation is 1. The summed E-state index contributed by atoms with van der Waals surface area (Å²) in [6, 6.07) is 25.3. The normalized spacial score (nSPS) is 11.6. The Bertz CT molecular complexity index is 897. The maximum Gasteiger partial charge on any atom is 0.255 e. The first kappa shape index (κ1) is 20.0. The minimum absolute atomic E-state index is 0.0358. The van der Waals surface area contributed by atoms with Crippen molar-refractivity contribution < 1.29 is 9.53 Å². The molecular weight excluding hydrogens is 370 g/mol. The van der Waals surface area contributed by atoms with Crippen molar-refractivity contribution in [1.82, 2.24) is 5.32 Å². The Labute approximate surface area is 171 Å². The summed E-state index contributed by atoms with van der Waals surface area (Å²) in [5.74, 6) is 0.354. The standard InChI is InChI=1S/C24H24ClNO2/c1-18(12-13-19-8-4-2-5-9-19)26-24(27)22-16-21(25)14-15-23(22)28-17-20-10-6-3-7-11-20/h2-11,14-16,18H,12-13,17H2,1H3,(H,26,27)/t18-/m0/s1. The molecule has 0 spiro atoms. The second kappa shape index (κ2) is 9.95. The molecule has 3 rings (SSSR count). The molecule has 0 aromatic heterocycles. The van der Waals surface area contributed by atoms with Crippen molar-refractivity contribution in [2.24, 2.45) is 0 Å². The first-order valence-electron chi connectivity index (χ1n) is 9.43. The topological polar surface area (TPSA) is 38.3 Å². The van der Waals surface area contributed by atoms with E-state index in [0.29, 0.717) is 22.9 Å². The Morgan fingerprint density at radius 2 is 1.61 bits per heavy atom. The Morgan fingerprint density at radius 1 is 0.964 bits per heavy atom. The van der Waals surface area contributed by atoms with E-state index in [1.54, 1.807) is 18.2 Å². The van der Waals surface area contributed by atoms with Gasteiger partial charge in [-0.3, -0.25) is 4.79 Å². The molecule has 0 saturated carbocycles. The second-order valence-electron chi connectivity index (χ2n) is 6.81. The fraction of sp³-hybridized carbons (Fsp3) is 0.208. The van der Waals surface area contributed by atoms with Gasteiger partial charge in [-0.1, -0.05) is 72.3 Å². The van der Waals surface area contributed by atoms with Gasteiger partial charge < -0.3 is 10.1 Å². The van der Waals surface area contributed by atoms with Gasteiger partial charge in [-0.15, -0.1) is 0 Å². The van der Waals surface area contributed by atoms with Gasteiger partial charge in [-0.05, 0) is 49.1 Å². The lowest BCUT2D eigenvalue weighted by Crippen LogP contribution is -2.33. The quantitative estimate of drug-likeness (QED) is 0.535. The summed E-state index contributed by atoms with van der Waals surface area (Å²) in [7, 11) is 0. The maximum absolute atomic E-state index is 12.8. The zero-order chi connectivity index (χ0) is 19.8. The average molecular weight is 394 g/mol. The lowest BCUT2D eigenvalue weighted by molar-refractivity contribution is 0.0934.